The van der Waals surface area contributed by atoms with Crippen LogP contribution in [0.5, 0.6) is 17.2 Å². The summed E-state index contributed by atoms with van der Waals surface area (Å²) in [5, 5.41) is 14.3. The molecule has 2 aliphatic heterocycles. The van der Waals surface area contributed by atoms with Crippen molar-refractivity contribution in [3.05, 3.63) is 53.6 Å². The summed E-state index contributed by atoms with van der Waals surface area (Å²) in [6.07, 6.45) is 2.57. The molecule has 4 rings (SSSR count). The van der Waals surface area contributed by atoms with Gasteiger partial charge in [0.25, 0.3) is 0 Å². The summed E-state index contributed by atoms with van der Waals surface area (Å²) in [4.78, 5) is 14.2. The molecule has 2 aromatic rings. The average Bonchev–Trinajstić information content (AvgIpc) is 3.40. The van der Waals surface area contributed by atoms with Crippen molar-refractivity contribution in [2.24, 2.45) is 0 Å². The molecule has 2 atom stereocenters. The SMILES string of the molecule is COCCc1ccc(OCCC(=O)NC(C[NH+]2CCCC2)C(O)c2ccc3c(c2)OCCO3)cc1. The highest BCUT2D eigenvalue weighted by Gasteiger charge is 2.30. The molecule has 0 aliphatic carbocycles. The Kier molecular flexibility index (Phi) is 9.22. The molecule has 0 radical (unpaired) electrons. The van der Waals surface area contributed by atoms with E-state index in [1.54, 1.807) is 7.11 Å². The maximum absolute atomic E-state index is 12.8. The Morgan fingerprint density at radius 3 is 2.54 bits per heavy atom. The van der Waals surface area contributed by atoms with Crippen LogP contribution in [-0.4, -0.2) is 70.2 Å². The average molecular weight is 486 g/mol. The summed E-state index contributed by atoms with van der Waals surface area (Å²) in [6, 6.07) is 12.9. The third-order valence-electron chi connectivity index (χ3n) is 6.57. The molecule has 0 spiro atoms. The zero-order chi connectivity index (χ0) is 24.5. The highest BCUT2D eigenvalue weighted by Crippen LogP contribution is 2.33. The molecule has 2 aromatic carbocycles. The molecule has 2 unspecified atom stereocenters. The Balaban J connectivity index is 1.32. The fraction of sp³-hybridized carbons (Fsp3) is 0.519. The number of ether oxygens (including phenoxy) is 4. The van der Waals surface area contributed by atoms with E-state index in [9.17, 15) is 9.90 Å². The number of aliphatic hydroxyl groups excluding tert-OH is 1. The Hall–Kier alpha value is -2.81. The van der Waals surface area contributed by atoms with Gasteiger partial charge < -0.3 is 34.3 Å². The van der Waals surface area contributed by atoms with Gasteiger partial charge in [-0.15, -0.1) is 0 Å². The Bertz CT molecular complexity index is 945. The Morgan fingerprint density at radius 2 is 1.80 bits per heavy atom. The highest BCUT2D eigenvalue weighted by molar-refractivity contribution is 5.76. The van der Waals surface area contributed by atoms with Gasteiger partial charge >= 0.3 is 0 Å². The largest absolute Gasteiger partial charge is 0.493 e. The molecule has 1 saturated heterocycles. The van der Waals surface area contributed by atoms with E-state index >= 15 is 0 Å². The lowest BCUT2D eigenvalue weighted by Crippen LogP contribution is -3.11. The van der Waals surface area contributed by atoms with Crippen molar-refractivity contribution in [3.63, 3.8) is 0 Å². The third-order valence-corrected chi connectivity index (χ3v) is 6.57. The molecule has 8 heteroatoms. The van der Waals surface area contributed by atoms with Gasteiger partial charge in [0.1, 0.15) is 37.7 Å². The molecular weight excluding hydrogens is 448 g/mol. The van der Waals surface area contributed by atoms with Crippen LogP contribution in [0.1, 0.15) is 36.5 Å². The standard InChI is InChI=1S/C27H36N2O6/c1-32-14-10-20-4-7-22(8-5-20)33-15-11-26(30)28-23(19-29-12-2-3-13-29)27(31)21-6-9-24-25(18-21)35-17-16-34-24/h4-9,18,23,27,31H,2-3,10-17,19H2,1H3,(H,28,30)/p+1. The second-order valence-corrected chi connectivity index (χ2v) is 9.17. The van der Waals surface area contributed by atoms with Gasteiger partial charge in [-0.2, -0.15) is 0 Å². The first-order valence-corrected chi connectivity index (χ1v) is 12.5. The molecule has 0 aromatic heterocycles. The fourth-order valence-corrected chi connectivity index (χ4v) is 4.62. The molecule has 1 fully saturated rings. The number of carbonyl (C=O) groups excluding carboxylic acids is 1. The van der Waals surface area contributed by atoms with E-state index in [0.29, 0.717) is 43.4 Å². The zero-order valence-electron chi connectivity index (χ0n) is 20.5. The number of methoxy groups -OCH3 is 1. The quantitative estimate of drug-likeness (QED) is 0.420. The molecule has 190 valence electrons. The number of likely N-dealkylation sites (tertiary alicyclic amines) is 1. The summed E-state index contributed by atoms with van der Waals surface area (Å²) in [5.74, 6) is 1.91. The van der Waals surface area contributed by atoms with Crippen LogP contribution in [0.2, 0.25) is 0 Å². The van der Waals surface area contributed by atoms with Gasteiger partial charge in [0.15, 0.2) is 11.5 Å². The lowest BCUT2D eigenvalue weighted by atomic mass is 10.0. The molecule has 2 heterocycles. The molecule has 2 aliphatic rings. The first-order chi connectivity index (χ1) is 17.1. The molecular formula is C27H37N2O6+. The van der Waals surface area contributed by atoms with Crippen LogP contribution in [-0.2, 0) is 16.0 Å². The number of carbonyl (C=O) groups is 1. The van der Waals surface area contributed by atoms with Crippen molar-refractivity contribution >= 4 is 5.91 Å². The number of fused-ring (bicyclic) bond motifs is 1. The van der Waals surface area contributed by atoms with E-state index < -0.39 is 12.1 Å². The molecule has 1 amide bonds. The van der Waals surface area contributed by atoms with Gasteiger partial charge in [0.2, 0.25) is 5.91 Å². The van der Waals surface area contributed by atoms with Crippen LogP contribution in [0.4, 0.5) is 0 Å². The second-order valence-electron chi connectivity index (χ2n) is 9.17. The zero-order valence-corrected chi connectivity index (χ0v) is 20.5. The topological polar surface area (TPSA) is 90.7 Å². The van der Waals surface area contributed by atoms with E-state index in [0.717, 1.165) is 25.3 Å². The highest BCUT2D eigenvalue weighted by atomic mass is 16.6. The van der Waals surface area contributed by atoms with E-state index in [1.807, 2.05) is 42.5 Å². The van der Waals surface area contributed by atoms with E-state index in [-0.39, 0.29) is 18.9 Å². The molecule has 0 bridgehead atoms. The van der Waals surface area contributed by atoms with Crippen molar-refractivity contribution in [2.45, 2.75) is 37.8 Å². The first kappa shape index (κ1) is 25.3. The number of hydrogen-bond acceptors (Lipinski definition) is 6. The van der Waals surface area contributed by atoms with Gasteiger partial charge in [-0.1, -0.05) is 18.2 Å². The predicted octanol–water partition coefficient (Wildman–Crippen LogP) is 1.31. The summed E-state index contributed by atoms with van der Waals surface area (Å²) in [7, 11) is 1.69. The smallest absolute Gasteiger partial charge is 0.223 e. The summed E-state index contributed by atoms with van der Waals surface area (Å²) >= 11 is 0. The Morgan fingerprint density at radius 1 is 1.06 bits per heavy atom. The van der Waals surface area contributed by atoms with Crippen molar-refractivity contribution in [2.75, 3.05) is 53.2 Å². The van der Waals surface area contributed by atoms with Gasteiger partial charge in [-0.3, -0.25) is 4.79 Å². The lowest BCUT2D eigenvalue weighted by Gasteiger charge is -2.27. The number of amides is 1. The van der Waals surface area contributed by atoms with E-state index in [2.05, 4.69) is 5.32 Å². The minimum Gasteiger partial charge on any atom is -0.493 e. The van der Waals surface area contributed by atoms with Crippen molar-refractivity contribution in [1.82, 2.24) is 5.32 Å². The van der Waals surface area contributed by atoms with Gasteiger partial charge in [0, 0.05) is 20.0 Å². The predicted molar refractivity (Wildman–Crippen MR) is 131 cm³/mol. The van der Waals surface area contributed by atoms with Gasteiger partial charge in [-0.25, -0.2) is 0 Å². The first-order valence-electron chi connectivity index (χ1n) is 12.5. The summed E-state index contributed by atoms with van der Waals surface area (Å²) in [6.45, 7) is 4.75. The fourth-order valence-electron chi connectivity index (χ4n) is 4.62. The normalized spacial score (nSPS) is 17.1. The van der Waals surface area contributed by atoms with Crippen LogP contribution in [0.3, 0.4) is 0 Å². The minimum absolute atomic E-state index is 0.137. The van der Waals surface area contributed by atoms with Crippen LogP contribution in [0, 0.1) is 0 Å². The molecule has 0 saturated carbocycles. The van der Waals surface area contributed by atoms with Crippen molar-refractivity contribution in [3.8, 4) is 17.2 Å². The molecule has 8 nitrogen and oxygen atoms in total. The minimum atomic E-state index is -0.844. The summed E-state index contributed by atoms with van der Waals surface area (Å²) in [5.41, 5.74) is 1.89. The van der Waals surface area contributed by atoms with Crippen LogP contribution < -0.4 is 24.4 Å². The van der Waals surface area contributed by atoms with E-state index in [1.165, 1.54) is 23.3 Å². The lowest BCUT2D eigenvalue weighted by molar-refractivity contribution is -0.889. The molecule has 3 N–H and O–H groups in total. The maximum atomic E-state index is 12.8. The number of aliphatic hydroxyl groups is 1. The summed E-state index contributed by atoms with van der Waals surface area (Å²) < 4.78 is 22.1. The number of benzene rings is 2. The number of rotatable bonds is 12. The van der Waals surface area contributed by atoms with Crippen molar-refractivity contribution in [1.29, 1.82) is 0 Å². The van der Waals surface area contributed by atoms with Crippen LogP contribution in [0.25, 0.3) is 0 Å². The second kappa shape index (κ2) is 12.8. The van der Waals surface area contributed by atoms with Crippen LogP contribution >= 0.6 is 0 Å². The maximum Gasteiger partial charge on any atom is 0.223 e. The van der Waals surface area contributed by atoms with Crippen LogP contribution in [0.15, 0.2) is 42.5 Å². The molecule has 35 heavy (non-hydrogen) atoms. The van der Waals surface area contributed by atoms with E-state index in [4.69, 9.17) is 18.9 Å². The van der Waals surface area contributed by atoms with Gasteiger partial charge in [-0.05, 0) is 41.8 Å². The Labute approximate surface area is 207 Å². The van der Waals surface area contributed by atoms with Gasteiger partial charge in [0.05, 0.1) is 32.7 Å². The number of hydrogen-bond donors (Lipinski definition) is 3. The number of nitrogens with one attached hydrogen (secondary N) is 2. The number of quaternary nitrogens is 1. The third kappa shape index (κ3) is 7.34. The monoisotopic (exact) mass is 485 g/mol. The van der Waals surface area contributed by atoms with Crippen molar-refractivity contribution < 1.29 is 33.7 Å².